The second kappa shape index (κ2) is 6.54. The first-order valence-electron chi connectivity index (χ1n) is 6.40. The van der Waals surface area contributed by atoms with Crippen molar-refractivity contribution in [2.75, 3.05) is 6.61 Å². The van der Waals surface area contributed by atoms with Crippen LogP contribution in [0.2, 0.25) is 0 Å². The fourth-order valence-corrected chi connectivity index (χ4v) is 2.05. The highest BCUT2D eigenvalue weighted by molar-refractivity contribution is 9.10. The second-order valence-corrected chi connectivity index (χ2v) is 6.71. The Balaban J connectivity index is 2.95. The van der Waals surface area contributed by atoms with Crippen molar-refractivity contribution in [1.29, 1.82) is 0 Å². The van der Waals surface area contributed by atoms with Crippen LogP contribution in [0, 0.1) is 0 Å². The van der Waals surface area contributed by atoms with Gasteiger partial charge in [0.05, 0.1) is 11.2 Å². The SMILES string of the molecule is CC(C)(C)OC(=O)NC(C)(CCO)c1cc(Br)ccn1. The number of amides is 1. The topological polar surface area (TPSA) is 71.5 Å². The zero-order chi connectivity index (χ0) is 15.4. The third-order valence-electron chi connectivity index (χ3n) is 2.68. The van der Waals surface area contributed by atoms with E-state index >= 15 is 0 Å². The standard InChI is InChI=1S/C14H21BrN2O3/c1-13(2,3)20-12(19)17-14(4,6-8-18)11-9-10(15)5-7-16-11/h5,7,9,18H,6,8H2,1-4H3,(H,17,19). The summed E-state index contributed by atoms with van der Waals surface area (Å²) >= 11 is 3.37. The molecular formula is C14H21BrN2O3. The number of aliphatic hydroxyl groups excluding tert-OH is 1. The van der Waals surface area contributed by atoms with E-state index in [1.165, 1.54) is 0 Å². The number of aliphatic hydroxyl groups is 1. The van der Waals surface area contributed by atoms with Crippen LogP contribution in [0.5, 0.6) is 0 Å². The lowest BCUT2D eigenvalue weighted by atomic mass is 9.93. The Morgan fingerprint density at radius 2 is 2.10 bits per heavy atom. The van der Waals surface area contributed by atoms with Crippen LogP contribution in [0.4, 0.5) is 4.79 Å². The molecule has 0 aromatic carbocycles. The fourth-order valence-electron chi connectivity index (χ4n) is 1.71. The minimum absolute atomic E-state index is 0.0690. The molecule has 1 aromatic rings. The zero-order valence-electron chi connectivity index (χ0n) is 12.2. The second-order valence-electron chi connectivity index (χ2n) is 5.79. The maximum absolute atomic E-state index is 12.0. The van der Waals surface area contributed by atoms with Crippen LogP contribution in [0.25, 0.3) is 0 Å². The molecular weight excluding hydrogens is 324 g/mol. The van der Waals surface area contributed by atoms with Crippen molar-refractivity contribution in [2.24, 2.45) is 0 Å². The van der Waals surface area contributed by atoms with Gasteiger partial charge in [-0.05, 0) is 46.2 Å². The third kappa shape index (κ3) is 5.09. The molecule has 0 bridgehead atoms. The first-order chi connectivity index (χ1) is 9.16. The number of carbonyl (C=O) groups excluding carboxylic acids is 1. The third-order valence-corrected chi connectivity index (χ3v) is 3.17. The molecule has 0 aliphatic heterocycles. The van der Waals surface area contributed by atoms with Gasteiger partial charge in [-0.15, -0.1) is 0 Å². The van der Waals surface area contributed by atoms with Gasteiger partial charge in [0.2, 0.25) is 0 Å². The zero-order valence-corrected chi connectivity index (χ0v) is 13.8. The monoisotopic (exact) mass is 344 g/mol. The Labute approximate surface area is 127 Å². The number of hydrogen-bond acceptors (Lipinski definition) is 4. The summed E-state index contributed by atoms with van der Waals surface area (Å²) in [5, 5.41) is 12.0. The molecule has 1 heterocycles. The van der Waals surface area contributed by atoms with Gasteiger partial charge in [-0.3, -0.25) is 4.98 Å². The summed E-state index contributed by atoms with van der Waals surface area (Å²) in [7, 11) is 0. The number of pyridine rings is 1. The van der Waals surface area contributed by atoms with E-state index in [-0.39, 0.29) is 6.61 Å². The molecule has 0 spiro atoms. The van der Waals surface area contributed by atoms with Gasteiger partial charge in [0.25, 0.3) is 0 Å². The molecule has 0 aliphatic carbocycles. The number of carbonyl (C=O) groups is 1. The average Bonchev–Trinajstić information content (AvgIpc) is 2.26. The molecule has 1 unspecified atom stereocenters. The van der Waals surface area contributed by atoms with Gasteiger partial charge in [0.15, 0.2) is 0 Å². The van der Waals surface area contributed by atoms with Crippen LogP contribution in [0.3, 0.4) is 0 Å². The molecule has 1 amide bonds. The van der Waals surface area contributed by atoms with Crippen molar-refractivity contribution in [3.8, 4) is 0 Å². The average molecular weight is 345 g/mol. The normalized spacial score (nSPS) is 14.5. The van der Waals surface area contributed by atoms with E-state index in [0.29, 0.717) is 12.1 Å². The lowest BCUT2D eigenvalue weighted by Gasteiger charge is -2.31. The van der Waals surface area contributed by atoms with Crippen LogP contribution < -0.4 is 5.32 Å². The van der Waals surface area contributed by atoms with Crippen molar-refractivity contribution in [3.05, 3.63) is 28.5 Å². The molecule has 112 valence electrons. The molecule has 1 rings (SSSR count). The lowest BCUT2D eigenvalue weighted by Crippen LogP contribution is -2.46. The van der Waals surface area contributed by atoms with Crippen LogP contribution in [-0.2, 0) is 10.3 Å². The highest BCUT2D eigenvalue weighted by Crippen LogP contribution is 2.25. The smallest absolute Gasteiger partial charge is 0.408 e. The van der Waals surface area contributed by atoms with Gasteiger partial charge in [0, 0.05) is 17.3 Å². The van der Waals surface area contributed by atoms with Gasteiger partial charge in [-0.1, -0.05) is 15.9 Å². The summed E-state index contributed by atoms with van der Waals surface area (Å²) < 4.78 is 6.12. The van der Waals surface area contributed by atoms with Crippen molar-refractivity contribution >= 4 is 22.0 Å². The maximum Gasteiger partial charge on any atom is 0.408 e. The summed E-state index contributed by atoms with van der Waals surface area (Å²) in [5.41, 5.74) is -0.706. The molecule has 6 heteroatoms. The van der Waals surface area contributed by atoms with E-state index in [1.54, 1.807) is 33.0 Å². The minimum atomic E-state index is -0.791. The van der Waals surface area contributed by atoms with E-state index in [9.17, 15) is 9.90 Å². The molecule has 0 saturated carbocycles. The predicted octanol–water partition coefficient (Wildman–Crippen LogP) is 2.97. The highest BCUT2D eigenvalue weighted by atomic mass is 79.9. The largest absolute Gasteiger partial charge is 0.444 e. The summed E-state index contributed by atoms with van der Waals surface area (Å²) in [5.74, 6) is 0. The molecule has 0 fully saturated rings. The number of nitrogens with zero attached hydrogens (tertiary/aromatic N) is 1. The Hall–Kier alpha value is -1.14. The first kappa shape index (κ1) is 16.9. The number of halogens is 1. The number of ether oxygens (including phenoxy) is 1. The molecule has 0 saturated heterocycles. The van der Waals surface area contributed by atoms with Crippen LogP contribution in [-0.4, -0.2) is 28.4 Å². The number of hydrogen-bond donors (Lipinski definition) is 2. The molecule has 2 N–H and O–H groups in total. The lowest BCUT2D eigenvalue weighted by molar-refractivity contribution is 0.0442. The van der Waals surface area contributed by atoms with Crippen LogP contribution in [0.1, 0.15) is 39.8 Å². The van der Waals surface area contributed by atoms with Crippen LogP contribution in [0.15, 0.2) is 22.8 Å². The minimum Gasteiger partial charge on any atom is -0.444 e. The Kier molecular flexibility index (Phi) is 5.53. The molecule has 0 radical (unpaired) electrons. The summed E-state index contributed by atoms with van der Waals surface area (Å²) in [6.45, 7) is 7.14. The maximum atomic E-state index is 12.0. The Morgan fingerprint density at radius 3 is 2.60 bits per heavy atom. The quantitative estimate of drug-likeness (QED) is 0.880. The molecule has 0 aliphatic rings. The van der Waals surface area contributed by atoms with Gasteiger partial charge < -0.3 is 15.2 Å². The number of alkyl carbamates (subject to hydrolysis) is 1. The predicted molar refractivity (Wildman–Crippen MR) is 80.4 cm³/mol. The van der Waals surface area contributed by atoms with E-state index < -0.39 is 17.2 Å². The van der Waals surface area contributed by atoms with Gasteiger partial charge >= 0.3 is 6.09 Å². The first-order valence-corrected chi connectivity index (χ1v) is 7.20. The van der Waals surface area contributed by atoms with E-state index in [0.717, 1.165) is 4.47 Å². The van der Waals surface area contributed by atoms with Gasteiger partial charge in [-0.2, -0.15) is 0 Å². The number of rotatable bonds is 4. The van der Waals surface area contributed by atoms with Gasteiger partial charge in [0.1, 0.15) is 5.60 Å². The van der Waals surface area contributed by atoms with E-state index in [2.05, 4.69) is 26.2 Å². The molecule has 20 heavy (non-hydrogen) atoms. The van der Waals surface area contributed by atoms with Crippen molar-refractivity contribution < 1.29 is 14.6 Å². The summed E-state index contributed by atoms with van der Waals surface area (Å²) in [6, 6.07) is 3.61. The Bertz CT molecular complexity index is 474. The van der Waals surface area contributed by atoms with Crippen molar-refractivity contribution in [3.63, 3.8) is 0 Å². The molecule has 5 nitrogen and oxygen atoms in total. The summed E-state index contributed by atoms with van der Waals surface area (Å²) in [4.78, 5) is 16.2. The van der Waals surface area contributed by atoms with Crippen LogP contribution >= 0.6 is 15.9 Å². The number of aromatic nitrogens is 1. The van der Waals surface area contributed by atoms with Crippen molar-refractivity contribution in [1.82, 2.24) is 10.3 Å². The van der Waals surface area contributed by atoms with E-state index in [1.807, 2.05) is 13.0 Å². The van der Waals surface area contributed by atoms with E-state index in [4.69, 9.17) is 4.74 Å². The highest BCUT2D eigenvalue weighted by Gasteiger charge is 2.31. The van der Waals surface area contributed by atoms with Crippen molar-refractivity contribution in [2.45, 2.75) is 45.3 Å². The summed E-state index contributed by atoms with van der Waals surface area (Å²) in [6.07, 6.45) is 1.46. The Morgan fingerprint density at radius 1 is 1.45 bits per heavy atom. The molecule has 1 aromatic heterocycles. The van der Waals surface area contributed by atoms with Gasteiger partial charge in [-0.25, -0.2) is 4.79 Å². The number of nitrogens with one attached hydrogen (secondary N) is 1. The molecule has 1 atom stereocenters. The fraction of sp³-hybridized carbons (Fsp3) is 0.571.